The molecule has 112 valence electrons. The summed E-state index contributed by atoms with van der Waals surface area (Å²) in [6.07, 6.45) is 4.71. The van der Waals surface area contributed by atoms with E-state index in [-0.39, 0.29) is 0 Å². The Bertz CT molecular complexity index is 750. The molecule has 1 aromatic heterocycles. The molecule has 0 N–H and O–H groups in total. The van der Waals surface area contributed by atoms with Crippen molar-refractivity contribution in [2.24, 2.45) is 0 Å². The Labute approximate surface area is 138 Å². The Kier molecular flexibility index (Phi) is 4.59. The van der Waals surface area contributed by atoms with Crippen molar-refractivity contribution in [2.45, 2.75) is 13.0 Å². The third kappa shape index (κ3) is 3.57. The summed E-state index contributed by atoms with van der Waals surface area (Å²) in [5, 5.41) is 0. The van der Waals surface area contributed by atoms with Crippen LogP contribution in [0.4, 0.5) is 0 Å². The molecule has 3 aromatic rings. The molecule has 0 radical (unpaired) electrons. The van der Waals surface area contributed by atoms with Gasteiger partial charge in [-0.25, -0.2) is 4.98 Å². The highest BCUT2D eigenvalue weighted by molar-refractivity contribution is 9.10. The van der Waals surface area contributed by atoms with Crippen LogP contribution in [0.15, 0.2) is 65.4 Å². The Morgan fingerprint density at radius 3 is 2.64 bits per heavy atom. The van der Waals surface area contributed by atoms with Crippen molar-refractivity contribution in [1.82, 2.24) is 9.55 Å². The zero-order valence-corrected chi connectivity index (χ0v) is 14.0. The van der Waals surface area contributed by atoms with Crippen LogP contribution in [-0.4, -0.2) is 16.7 Å². The molecule has 3 nitrogen and oxygen atoms in total. The van der Waals surface area contributed by atoms with Crippen molar-refractivity contribution in [3.05, 3.63) is 82.3 Å². The van der Waals surface area contributed by atoms with Gasteiger partial charge in [0.2, 0.25) is 0 Å². The lowest BCUT2D eigenvalue weighted by molar-refractivity contribution is 0.414. The minimum absolute atomic E-state index is 0.813. The molecule has 0 bridgehead atoms. The van der Waals surface area contributed by atoms with Gasteiger partial charge in [-0.15, -0.1) is 0 Å². The van der Waals surface area contributed by atoms with Gasteiger partial charge in [0.1, 0.15) is 11.6 Å². The second kappa shape index (κ2) is 6.79. The van der Waals surface area contributed by atoms with Crippen LogP contribution in [0.25, 0.3) is 0 Å². The number of ether oxygens (including phenoxy) is 1. The molecule has 0 unspecified atom stereocenters. The average molecular weight is 357 g/mol. The normalized spacial score (nSPS) is 10.6. The molecule has 0 saturated heterocycles. The lowest BCUT2D eigenvalue weighted by Gasteiger charge is -2.09. The number of rotatable bonds is 5. The van der Waals surface area contributed by atoms with E-state index >= 15 is 0 Å². The molecule has 0 aliphatic heterocycles. The van der Waals surface area contributed by atoms with Crippen LogP contribution >= 0.6 is 15.9 Å². The standard InChI is InChI=1S/C18H17BrN2O/c1-22-17-7-5-14(6-8-17)13-21-10-9-20-18(21)12-15-3-2-4-16(19)11-15/h2-11H,12-13H2,1H3. The fraction of sp³-hybridized carbons (Fsp3) is 0.167. The predicted octanol–water partition coefficient (Wildman–Crippen LogP) is 4.29. The van der Waals surface area contributed by atoms with E-state index in [0.29, 0.717) is 0 Å². The third-order valence-corrected chi connectivity index (χ3v) is 4.06. The molecule has 3 rings (SSSR count). The minimum Gasteiger partial charge on any atom is -0.497 e. The van der Waals surface area contributed by atoms with Gasteiger partial charge in [-0.05, 0) is 35.4 Å². The van der Waals surface area contributed by atoms with Crippen LogP contribution in [0.5, 0.6) is 5.75 Å². The number of imidazole rings is 1. The monoisotopic (exact) mass is 356 g/mol. The van der Waals surface area contributed by atoms with Gasteiger partial charge in [0, 0.05) is 29.8 Å². The molecule has 0 atom stereocenters. The van der Waals surface area contributed by atoms with E-state index in [1.165, 1.54) is 11.1 Å². The molecule has 0 amide bonds. The number of halogens is 1. The maximum absolute atomic E-state index is 5.19. The second-order valence-electron chi connectivity index (χ2n) is 5.13. The van der Waals surface area contributed by atoms with Crippen LogP contribution in [0, 0.1) is 0 Å². The van der Waals surface area contributed by atoms with Gasteiger partial charge < -0.3 is 9.30 Å². The van der Waals surface area contributed by atoms with Gasteiger partial charge in [0.15, 0.2) is 0 Å². The highest BCUT2D eigenvalue weighted by atomic mass is 79.9. The summed E-state index contributed by atoms with van der Waals surface area (Å²) in [4.78, 5) is 4.49. The quantitative estimate of drug-likeness (QED) is 0.681. The average Bonchev–Trinajstić information content (AvgIpc) is 2.95. The summed E-state index contributed by atoms with van der Waals surface area (Å²) in [6.45, 7) is 0.813. The molecule has 0 saturated carbocycles. The Balaban J connectivity index is 1.76. The van der Waals surface area contributed by atoms with Crippen molar-refractivity contribution in [3.8, 4) is 5.75 Å². The summed E-state index contributed by atoms with van der Waals surface area (Å²) in [7, 11) is 1.68. The molecule has 1 heterocycles. The topological polar surface area (TPSA) is 27.1 Å². The Hall–Kier alpha value is -2.07. The lowest BCUT2D eigenvalue weighted by Crippen LogP contribution is -2.05. The van der Waals surface area contributed by atoms with E-state index in [1.54, 1.807) is 7.11 Å². The van der Waals surface area contributed by atoms with Crippen molar-refractivity contribution in [1.29, 1.82) is 0 Å². The minimum atomic E-state index is 0.813. The summed E-state index contributed by atoms with van der Waals surface area (Å²) in [5.41, 5.74) is 2.48. The van der Waals surface area contributed by atoms with E-state index in [2.05, 4.69) is 55.8 Å². The molecule has 0 spiro atoms. The molecular weight excluding hydrogens is 340 g/mol. The van der Waals surface area contributed by atoms with Crippen LogP contribution in [0.3, 0.4) is 0 Å². The first-order valence-corrected chi connectivity index (χ1v) is 7.91. The van der Waals surface area contributed by atoms with Crippen LogP contribution in [-0.2, 0) is 13.0 Å². The number of benzene rings is 2. The first-order chi connectivity index (χ1) is 10.7. The molecule has 0 aliphatic rings. The summed E-state index contributed by atoms with van der Waals surface area (Å²) in [6, 6.07) is 16.5. The van der Waals surface area contributed by atoms with Crippen molar-refractivity contribution in [2.75, 3.05) is 7.11 Å². The SMILES string of the molecule is COc1ccc(Cn2ccnc2Cc2cccc(Br)c2)cc1. The smallest absolute Gasteiger partial charge is 0.118 e. The first kappa shape index (κ1) is 14.9. The van der Waals surface area contributed by atoms with E-state index in [0.717, 1.165) is 29.0 Å². The van der Waals surface area contributed by atoms with E-state index in [4.69, 9.17) is 4.74 Å². The predicted molar refractivity (Wildman–Crippen MR) is 91.3 cm³/mol. The lowest BCUT2D eigenvalue weighted by atomic mass is 10.1. The van der Waals surface area contributed by atoms with Gasteiger partial charge in [-0.2, -0.15) is 0 Å². The Morgan fingerprint density at radius 2 is 1.91 bits per heavy atom. The summed E-state index contributed by atoms with van der Waals surface area (Å²) >= 11 is 3.51. The van der Waals surface area contributed by atoms with E-state index < -0.39 is 0 Å². The van der Waals surface area contributed by atoms with Gasteiger partial charge in [0.25, 0.3) is 0 Å². The van der Waals surface area contributed by atoms with Gasteiger partial charge in [-0.1, -0.05) is 40.2 Å². The zero-order chi connectivity index (χ0) is 15.4. The molecule has 4 heteroatoms. The first-order valence-electron chi connectivity index (χ1n) is 7.12. The maximum atomic E-state index is 5.19. The summed E-state index contributed by atoms with van der Waals surface area (Å²) < 4.78 is 8.47. The number of hydrogen-bond acceptors (Lipinski definition) is 2. The molecule has 22 heavy (non-hydrogen) atoms. The van der Waals surface area contributed by atoms with Crippen molar-refractivity contribution >= 4 is 15.9 Å². The highest BCUT2D eigenvalue weighted by Crippen LogP contribution is 2.16. The number of hydrogen-bond donors (Lipinski definition) is 0. The van der Waals surface area contributed by atoms with Crippen molar-refractivity contribution < 1.29 is 4.74 Å². The highest BCUT2D eigenvalue weighted by Gasteiger charge is 2.05. The second-order valence-corrected chi connectivity index (χ2v) is 6.04. The number of aromatic nitrogens is 2. The van der Waals surface area contributed by atoms with Gasteiger partial charge >= 0.3 is 0 Å². The summed E-state index contributed by atoms with van der Waals surface area (Å²) in [5.74, 6) is 1.94. The fourth-order valence-electron chi connectivity index (χ4n) is 2.41. The Morgan fingerprint density at radius 1 is 1.09 bits per heavy atom. The maximum Gasteiger partial charge on any atom is 0.118 e. The third-order valence-electron chi connectivity index (χ3n) is 3.56. The number of methoxy groups -OCH3 is 1. The molecule has 2 aromatic carbocycles. The molecule has 0 fully saturated rings. The van der Waals surface area contributed by atoms with E-state index in [9.17, 15) is 0 Å². The zero-order valence-electron chi connectivity index (χ0n) is 12.4. The van der Waals surface area contributed by atoms with E-state index in [1.807, 2.05) is 30.6 Å². The van der Waals surface area contributed by atoms with Crippen LogP contribution in [0.2, 0.25) is 0 Å². The molecular formula is C18H17BrN2O. The van der Waals surface area contributed by atoms with Crippen LogP contribution < -0.4 is 4.74 Å². The van der Waals surface area contributed by atoms with Crippen molar-refractivity contribution in [3.63, 3.8) is 0 Å². The van der Waals surface area contributed by atoms with Gasteiger partial charge in [-0.3, -0.25) is 0 Å². The van der Waals surface area contributed by atoms with Crippen LogP contribution in [0.1, 0.15) is 17.0 Å². The number of nitrogens with zero attached hydrogens (tertiary/aromatic N) is 2. The molecule has 0 aliphatic carbocycles. The fourth-order valence-corrected chi connectivity index (χ4v) is 2.85. The van der Waals surface area contributed by atoms with Gasteiger partial charge in [0.05, 0.1) is 7.11 Å². The largest absolute Gasteiger partial charge is 0.497 e.